The molecule has 0 radical (unpaired) electrons. The smallest absolute Gasteiger partial charge is 0.271 e. The number of nitro groups is 1. The minimum absolute atomic E-state index is 0.128. The fourth-order valence-corrected chi connectivity index (χ4v) is 3.91. The number of thiophene rings is 1. The molecule has 0 aliphatic rings. The first-order chi connectivity index (χ1) is 12.8. The van der Waals surface area contributed by atoms with Gasteiger partial charge in [-0.3, -0.25) is 24.3 Å². The first-order valence-electron chi connectivity index (χ1n) is 8.10. The van der Waals surface area contributed by atoms with Crippen LogP contribution in [0.3, 0.4) is 0 Å². The van der Waals surface area contributed by atoms with E-state index in [0.29, 0.717) is 21.5 Å². The summed E-state index contributed by atoms with van der Waals surface area (Å²) in [6.45, 7) is 3.43. The molecular formula is C17H16N4O4S2. The standard InChI is InChI=1S/C17H16N4O4S2/c1-3-11-7-12-15(27-11)19-17(26)20(16(12)23)8-14(22)18-13-6-10(21(24)25)5-4-9(13)2/h4-7H,3,8H2,1-2H3,(H,18,22)(H,19,26). The second-order valence-electron chi connectivity index (χ2n) is 5.94. The zero-order chi connectivity index (χ0) is 19.7. The van der Waals surface area contributed by atoms with Gasteiger partial charge in [0.25, 0.3) is 11.2 Å². The summed E-state index contributed by atoms with van der Waals surface area (Å²) in [4.78, 5) is 40.2. The van der Waals surface area contributed by atoms with E-state index in [2.05, 4.69) is 10.3 Å². The van der Waals surface area contributed by atoms with Gasteiger partial charge in [0.2, 0.25) is 5.91 Å². The van der Waals surface area contributed by atoms with E-state index in [9.17, 15) is 19.7 Å². The number of benzene rings is 1. The maximum absolute atomic E-state index is 12.7. The van der Waals surface area contributed by atoms with Gasteiger partial charge in [0, 0.05) is 17.0 Å². The maximum atomic E-state index is 12.7. The van der Waals surface area contributed by atoms with Crippen molar-refractivity contribution in [3.8, 4) is 0 Å². The largest absolute Gasteiger partial charge is 0.324 e. The number of nitrogens with zero attached hydrogens (tertiary/aromatic N) is 2. The van der Waals surface area contributed by atoms with Gasteiger partial charge >= 0.3 is 0 Å². The number of hydrogen-bond acceptors (Lipinski definition) is 6. The quantitative estimate of drug-likeness (QED) is 0.384. The Morgan fingerprint density at radius 2 is 2.15 bits per heavy atom. The van der Waals surface area contributed by atoms with E-state index in [1.807, 2.05) is 6.92 Å². The molecule has 0 spiro atoms. The minimum Gasteiger partial charge on any atom is -0.324 e. The third kappa shape index (κ3) is 3.81. The summed E-state index contributed by atoms with van der Waals surface area (Å²) in [6.07, 6.45) is 0.798. The van der Waals surface area contributed by atoms with Crippen LogP contribution in [0.5, 0.6) is 0 Å². The summed E-state index contributed by atoms with van der Waals surface area (Å²) >= 11 is 6.68. The summed E-state index contributed by atoms with van der Waals surface area (Å²) in [7, 11) is 0. The highest BCUT2D eigenvalue weighted by Gasteiger charge is 2.14. The highest BCUT2D eigenvalue weighted by molar-refractivity contribution is 7.71. The number of hydrogen-bond donors (Lipinski definition) is 2. The van der Waals surface area contributed by atoms with Crippen molar-refractivity contribution in [1.82, 2.24) is 9.55 Å². The Balaban J connectivity index is 1.91. The van der Waals surface area contributed by atoms with E-state index in [4.69, 9.17) is 12.2 Å². The van der Waals surface area contributed by atoms with Gasteiger partial charge in [-0.2, -0.15) is 0 Å². The Morgan fingerprint density at radius 1 is 1.41 bits per heavy atom. The molecule has 140 valence electrons. The third-order valence-electron chi connectivity index (χ3n) is 4.08. The number of non-ortho nitro benzene ring substituents is 1. The predicted octanol–water partition coefficient (Wildman–Crippen LogP) is 3.54. The molecule has 1 aromatic carbocycles. The highest BCUT2D eigenvalue weighted by Crippen LogP contribution is 2.23. The van der Waals surface area contributed by atoms with Crippen LogP contribution in [0.4, 0.5) is 11.4 Å². The molecule has 0 fully saturated rings. The topological polar surface area (TPSA) is 110 Å². The number of rotatable bonds is 5. The summed E-state index contributed by atoms with van der Waals surface area (Å²) in [5.74, 6) is -0.495. The molecule has 8 nitrogen and oxygen atoms in total. The van der Waals surface area contributed by atoms with Crippen molar-refractivity contribution in [2.75, 3.05) is 5.32 Å². The van der Waals surface area contributed by atoms with Crippen molar-refractivity contribution in [2.45, 2.75) is 26.8 Å². The van der Waals surface area contributed by atoms with E-state index < -0.39 is 10.8 Å². The molecule has 0 unspecified atom stereocenters. The SMILES string of the molecule is CCc1cc2c(=O)n(CC(=O)Nc3cc([N+](=O)[O-])ccc3C)c(=S)[nH]c2s1. The molecule has 0 saturated heterocycles. The second-order valence-corrected chi connectivity index (χ2v) is 7.46. The van der Waals surface area contributed by atoms with Crippen LogP contribution in [-0.4, -0.2) is 20.4 Å². The van der Waals surface area contributed by atoms with Crippen LogP contribution in [0.1, 0.15) is 17.4 Å². The van der Waals surface area contributed by atoms with E-state index in [1.165, 1.54) is 28.0 Å². The van der Waals surface area contributed by atoms with Crippen molar-refractivity contribution in [1.29, 1.82) is 0 Å². The summed E-state index contributed by atoms with van der Waals surface area (Å²) in [5, 5.41) is 14.0. The Labute approximate surface area is 162 Å². The Kier molecular flexibility index (Phi) is 5.19. The molecule has 3 aromatic rings. The second kappa shape index (κ2) is 7.41. The van der Waals surface area contributed by atoms with Crippen LogP contribution in [0.25, 0.3) is 10.2 Å². The first-order valence-corrected chi connectivity index (χ1v) is 9.33. The van der Waals surface area contributed by atoms with Crippen molar-refractivity contribution in [3.05, 3.63) is 59.9 Å². The predicted molar refractivity (Wildman–Crippen MR) is 107 cm³/mol. The molecule has 1 amide bonds. The van der Waals surface area contributed by atoms with Gasteiger partial charge in [0.15, 0.2) is 4.77 Å². The van der Waals surface area contributed by atoms with Crippen molar-refractivity contribution in [3.63, 3.8) is 0 Å². The number of anilines is 1. The van der Waals surface area contributed by atoms with Crippen LogP contribution < -0.4 is 10.9 Å². The molecule has 2 N–H and O–H groups in total. The molecule has 2 heterocycles. The fraction of sp³-hybridized carbons (Fsp3) is 0.235. The van der Waals surface area contributed by atoms with Crippen molar-refractivity contribution < 1.29 is 9.72 Å². The Hall–Kier alpha value is -2.85. The molecule has 10 heteroatoms. The van der Waals surface area contributed by atoms with Gasteiger partial charge < -0.3 is 10.3 Å². The van der Waals surface area contributed by atoms with Crippen LogP contribution in [0.2, 0.25) is 0 Å². The molecule has 0 bridgehead atoms. The minimum atomic E-state index is -0.536. The van der Waals surface area contributed by atoms with E-state index in [0.717, 1.165) is 11.3 Å². The number of amides is 1. The van der Waals surface area contributed by atoms with Crippen molar-refractivity contribution >= 4 is 51.1 Å². The molecule has 0 aliphatic heterocycles. The van der Waals surface area contributed by atoms with Crippen LogP contribution in [-0.2, 0) is 17.8 Å². The normalized spacial score (nSPS) is 10.9. The van der Waals surface area contributed by atoms with Gasteiger partial charge in [-0.05, 0) is 37.2 Å². The summed E-state index contributed by atoms with van der Waals surface area (Å²) < 4.78 is 1.34. The van der Waals surface area contributed by atoms with E-state index >= 15 is 0 Å². The van der Waals surface area contributed by atoms with E-state index in [1.54, 1.807) is 19.1 Å². The number of aromatic nitrogens is 2. The lowest BCUT2D eigenvalue weighted by molar-refractivity contribution is -0.384. The number of fused-ring (bicyclic) bond motifs is 1. The molecule has 0 aliphatic carbocycles. The molecule has 0 atom stereocenters. The van der Waals surface area contributed by atoms with Crippen molar-refractivity contribution in [2.24, 2.45) is 0 Å². The van der Waals surface area contributed by atoms with Crippen LogP contribution in [0.15, 0.2) is 29.1 Å². The molecular weight excluding hydrogens is 388 g/mol. The average Bonchev–Trinajstić information content (AvgIpc) is 3.03. The zero-order valence-corrected chi connectivity index (χ0v) is 16.2. The lowest BCUT2D eigenvalue weighted by Gasteiger charge is -2.10. The van der Waals surface area contributed by atoms with E-state index in [-0.39, 0.29) is 22.6 Å². The number of aryl methyl sites for hydroxylation is 2. The highest BCUT2D eigenvalue weighted by atomic mass is 32.1. The zero-order valence-electron chi connectivity index (χ0n) is 14.6. The number of H-pyrrole nitrogens is 1. The third-order valence-corrected chi connectivity index (χ3v) is 5.60. The van der Waals surface area contributed by atoms with Crippen LogP contribution >= 0.6 is 23.6 Å². The molecule has 3 rings (SSSR count). The molecule has 27 heavy (non-hydrogen) atoms. The summed E-state index contributed by atoms with van der Waals surface area (Å²) in [6, 6.07) is 6.00. The van der Waals surface area contributed by atoms with Gasteiger partial charge in [-0.1, -0.05) is 13.0 Å². The summed E-state index contributed by atoms with van der Waals surface area (Å²) in [5.41, 5.74) is 0.530. The van der Waals surface area contributed by atoms with Gasteiger partial charge in [-0.15, -0.1) is 11.3 Å². The number of aromatic amines is 1. The van der Waals surface area contributed by atoms with Gasteiger partial charge in [-0.25, -0.2) is 0 Å². The fourth-order valence-electron chi connectivity index (χ4n) is 2.61. The van der Waals surface area contributed by atoms with Gasteiger partial charge in [0.1, 0.15) is 11.4 Å². The van der Waals surface area contributed by atoms with Crippen LogP contribution in [0, 0.1) is 21.8 Å². The number of nitro benzene ring substituents is 1. The van der Waals surface area contributed by atoms with Gasteiger partial charge in [0.05, 0.1) is 16.0 Å². The number of nitrogens with one attached hydrogen (secondary N) is 2. The maximum Gasteiger partial charge on any atom is 0.271 e. The Bertz CT molecular complexity index is 1180. The number of carbonyl (C=O) groups excluding carboxylic acids is 1. The molecule has 0 saturated carbocycles. The lowest BCUT2D eigenvalue weighted by Crippen LogP contribution is -2.28. The Morgan fingerprint density at radius 3 is 2.81 bits per heavy atom. The first kappa shape index (κ1) is 18.9. The average molecular weight is 404 g/mol. The lowest BCUT2D eigenvalue weighted by atomic mass is 10.2. The molecule has 2 aromatic heterocycles. The number of carbonyl (C=O) groups is 1. The monoisotopic (exact) mass is 404 g/mol.